The molecular formula is C22H17ClN2O2. The van der Waals surface area contributed by atoms with Crippen molar-refractivity contribution in [2.24, 2.45) is 0 Å². The van der Waals surface area contributed by atoms with E-state index in [9.17, 15) is 4.79 Å². The zero-order valence-electron chi connectivity index (χ0n) is 14.9. The SMILES string of the molecule is Cc1ccc2oc(-c3ccc(C)c(NC(=O)c4cccc(Cl)c4)c3)nc2c1. The molecule has 0 spiro atoms. The molecule has 4 nitrogen and oxygen atoms in total. The summed E-state index contributed by atoms with van der Waals surface area (Å²) in [5.74, 6) is 0.305. The molecule has 3 aromatic carbocycles. The largest absolute Gasteiger partial charge is 0.436 e. The lowest BCUT2D eigenvalue weighted by Gasteiger charge is -2.10. The van der Waals surface area contributed by atoms with E-state index in [1.54, 1.807) is 24.3 Å². The number of rotatable bonds is 3. The van der Waals surface area contributed by atoms with Crippen LogP contribution in [0.25, 0.3) is 22.6 Å². The molecule has 1 amide bonds. The molecule has 4 aromatic rings. The number of hydrogen-bond acceptors (Lipinski definition) is 3. The fourth-order valence-corrected chi connectivity index (χ4v) is 3.07. The fraction of sp³-hybridized carbons (Fsp3) is 0.0909. The Morgan fingerprint density at radius 1 is 1.04 bits per heavy atom. The van der Waals surface area contributed by atoms with Gasteiger partial charge in [0, 0.05) is 21.8 Å². The maximum Gasteiger partial charge on any atom is 0.255 e. The molecule has 0 saturated heterocycles. The van der Waals surface area contributed by atoms with Gasteiger partial charge in [0.05, 0.1) is 0 Å². The summed E-state index contributed by atoms with van der Waals surface area (Å²) >= 11 is 5.98. The second kappa shape index (κ2) is 6.89. The molecule has 27 heavy (non-hydrogen) atoms. The number of nitrogens with one attached hydrogen (secondary N) is 1. The van der Waals surface area contributed by atoms with E-state index in [1.807, 2.05) is 50.2 Å². The standard InChI is InChI=1S/C22H17ClN2O2/c1-13-6-9-20-19(10-13)25-22(27-20)16-8-7-14(2)18(12-16)24-21(26)15-4-3-5-17(23)11-15/h3-12H,1-2H3,(H,24,26). The Kier molecular flexibility index (Phi) is 4.42. The van der Waals surface area contributed by atoms with Crippen LogP contribution in [0.15, 0.2) is 65.1 Å². The van der Waals surface area contributed by atoms with Crippen LogP contribution < -0.4 is 5.32 Å². The molecule has 0 unspecified atom stereocenters. The molecule has 0 radical (unpaired) electrons. The third-order valence-corrected chi connectivity index (χ3v) is 4.60. The van der Waals surface area contributed by atoms with Crippen LogP contribution in [0.3, 0.4) is 0 Å². The van der Waals surface area contributed by atoms with Gasteiger partial charge in [0.2, 0.25) is 5.89 Å². The molecule has 0 bridgehead atoms. The zero-order chi connectivity index (χ0) is 19.0. The van der Waals surface area contributed by atoms with Gasteiger partial charge in [0.25, 0.3) is 5.91 Å². The summed E-state index contributed by atoms with van der Waals surface area (Å²) in [6, 6.07) is 18.5. The number of aryl methyl sites for hydroxylation is 2. The molecule has 0 fully saturated rings. The first-order valence-corrected chi connectivity index (χ1v) is 8.92. The first-order chi connectivity index (χ1) is 13.0. The summed E-state index contributed by atoms with van der Waals surface area (Å²) < 4.78 is 5.87. The summed E-state index contributed by atoms with van der Waals surface area (Å²) in [5, 5.41) is 3.46. The van der Waals surface area contributed by atoms with Crippen molar-refractivity contribution in [2.75, 3.05) is 5.32 Å². The van der Waals surface area contributed by atoms with Crippen molar-refractivity contribution in [2.45, 2.75) is 13.8 Å². The molecule has 0 aliphatic heterocycles. The van der Waals surface area contributed by atoms with Crippen LogP contribution in [0.5, 0.6) is 0 Å². The van der Waals surface area contributed by atoms with Gasteiger partial charge in [-0.25, -0.2) is 4.98 Å². The normalized spacial score (nSPS) is 10.9. The van der Waals surface area contributed by atoms with E-state index in [4.69, 9.17) is 16.0 Å². The average molecular weight is 377 g/mol. The molecule has 0 aliphatic rings. The lowest BCUT2D eigenvalue weighted by atomic mass is 10.1. The molecule has 134 valence electrons. The van der Waals surface area contributed by atoms with Crippen molar-refractivity contribution in [3.8, 4) is 11.5 Å². The maximum atomic E-state index is 12.5. The predicted molar refractivity (Wildman–Crippen MR) is 108 cm³/mol. The third kappa shape index (κ3) is 3.57. The first kappa shape index (κ1) is 17.3. The van der Waals surface area contributed by atoms with Gasteiger partial charge in [0.1, 0.15) is 5.52 Å². The van der Waals surface area contributed by atoms with Gasteiger partial charge in [-0.1, -0.05) is 29.8 Å². The third-order valence-electron chi connectivity index (χ3n) is 4.36. The number of carbonyl (C=O) groups is 1. The van der Waals surface area contributed by atoms with Crippen LogP contribution in [0, 0.1) is 13.8 Å². The molecule has 0 atom stereocenters. The maximum absolute atomic E-state index is 12.5. The first-order valence-electron chi connectivity index (χ1n) is 8.55. The van der Waals surface area contributed by atoms with Gasteiger partial charge in [0.15, 0.2) is 5.58 Å². The summed E-state index contributed by atoms with van der Waals surface area (Å²) in [5.41, 5.74) is 5.63. The topological polar surface area (TPSA) is 55.1 Å². The van der Waals surface area contributed by atoms with Gasteiger partial charge in [-0.05, 0) is 67.4 Å². The monoisotopic (exact) mass is 376 g/mol. The van der Waals surface area contributed by atoms with Gasteiger partial charge >= 0.3 is 0 Å². The second-order valence-electron chi connectivity index (χ2n) is 6.48. The summed E-state index contributed by atoms with van der Waals surface area (Å²) in [4.78, 5) is 17.1. The van der Waals surface area contributed by atoms with E-state index >= 15 is 0 Å². The highest BCUT2D eigenvalue weighted by Crippen LogP contribution is 2.28. The Hall–Kier alpha value is -3.11. The number of fused-ring (bicyclic) bond motifs is 1. The van der Waals surface area contributed by atoms with E-state index in [-0.39, 0.29) is 5.91 Å². The number of nitrogens with zero attached hydrogens (tertiary/aromatic N) is 1. The van der Waals surface area contributed by atoms with Crippen molar-refractivity contribution in [3.63, 3.8) is 0 Å². The van der Waals surface area contributed by atoms with Crippen molar-refractivity contribution < 1.29 is 9.21 Å². The zero-order valence-corrected chi connectivity index (χ0v) is 15.7. The van der Waals surface area contributed by atoms with Gasteiger partial charge < -0.3 is 9.73 Å². The lowest BCUT2D eigenvalue weighted by molar-refractivity contribution is 0.102. The van der Waals surface area contributed by atoms with Crippen LogP contribution in [0.2, 0.25) is 5.02 Å². The minimum atomic E-state index is -0.217. The highest BCUT2D eigenvalue weighted by Gasteiger charge is 2.13. The highest BCUT2D eigenvalue weighted by molar-refractivity contribution is 6.31. The molecule has 1 N–H and O–H groups in total. The van der Waals surface area contributed by atoms with Crippen LogP contribution in [-0.2, 0) is 0 Å². The number of amides is 1. The minimum Gasteiger partial charge on any atom is -0.436 e. The molecule has 0 aliphatic carbocycles. The summed E-state index contributed by atoms with van der Waals surface area (Å²) in [6.07, 6.45) is 0. The molecule has 5 heteroatoms. The number of halogens is 1. The molecule has 1 heterocycles. The van der Waals surface area contributed by atoms with E-state index in [2.05, 4.69) is 10.3 Å². The minimum absolute atomic E-state index is 0.217. The molecular weight excluding hydrogens is 360 g/mol. The van der Waals surface area contributed by atoms with E-state index in [0.717, 1.165) is 27.8 Å². The Morgan fingerprint density at radius 2 is 1.89 bits per heavy atom. The number of anilines is 1. The smallest absolute Gasteiger partial charge is 0.255 e. The second-order valence-corrected chi connectivity index (χ2v) is 6.92. The summed E-state index contributed by atoms with van der Waals surface area (Å²) in [6.45, 7) is 3.95. The Balaban J connectivity index is 1.67. The number of carbonyl (C=O) groups excluding carboxylic acids is 1. The van der Waals surface area contributed by atoms with E-state index in [0.29, 0.717) is 22.2 Å². The number of aromatic nitrogens is 1. The Bertz CT molecular complexity index is 1160. The van der Waals surface area contributed by atoms with E-state index in [1.165, 1.54) is 0 Å². The van der Waals surface area contributed by atoms with Crippen LogP contribution in [0.4, 0.5) is 5.69 Å². The van der Waals surface area contributed by atoms with E-state index < -0.39 is 0 Å². The van der Waals surface area contributed by atoms with Gasteiger partial charge in [-0.15, -0.1) is 0 Å². The lowest BCUT2D eigenvalue weighted by Crippen LogP contribution is -2.12. The van der Waals surface area contributed by atoms with Crippen molar-refractivity contribution in [3.05, 3.63) is 82.4 Å². The predicted octanol–water partition coefficient (Wildman–Crippen LogP) is 6.02. The molecule has 1 aromatic heterocycles. The number of hydrogen-bond donors (Lipinski definition) is 1. The van der Waals surface area contributed by atoms with Gasteiger partial charge in [-0.2, -0.15) is 0 Å². The fourth-order valence-electron chi connectivity index (χ4n) is 2.87. The van der Waals surface area contributed by atoms with Gasteiger partial charge in [-0.3, -0.25) is 4.79 Å². The van der Waals surface area contributed by atoms with Crippen molar-refractivity contribution in [1.29, 1.82) is 0 Å². The Labute approximate surface area is 161 Å². The number of benzene rings is 3. The van der Waals surface area contributed by atoms with Crippen LogP contribution >= 0.6 is 11.6 Å². The molecule has 4 rings (SSSR count). The average Bonchev–Trinajstić information content (AvgIpc) is 3.06. The van der Waals surface area contributed by atoms with Crippen molar-refractivity contribution >= 4 is 34.3 Å². The Morgan fingerprint density at radius 3 is 2.70 bits per heavy atom. The van der Waals surface area contributed by atoms with Crippen LogP contribution in [-0.4, -0.2) is 10.9 Å². The van der Waals surface area contributed by atoms with Crippen LogP contribution in [0.1, 0.15) is 21.5 Å². The molecule has 0 saturated carbocycles. The highest BCUT2D eigenvalue weighted by atomic mass is 35.5. The number of oxazole rings is 1. The van der Waals surface area contributed by atoms with Crippen molar-refractivity contribution in [1.82, 2.24) is 4.98 Å². The quantitative estimate of drug-likeness (QED) is 0.475. The summed E-state index contributed by atoms with van der Waals surface area (Å²) in [7, 11) is 0.